The summed E-state index contributed by atoms with van der Waals surface area (Å²) in [5, 5.41) is 12.2. The Hall–Kier alpha value is -2.40. The van der Waals surface area contributed by atoms with Crippen LogP contribution in [0.4, 0.5) is 0 Å². The highest BCUT2D eigenvalue weighted by molar-refractivity contribution is 5.37. The fraction of sp³-hybridized carbons (Fsp3) is 0.429. The molecule has 0 radical (unpaired) electrons. The fourth-order valence-corrected chi connectivity index (χ4v) is 4.87. The minimum absolute atomic E-state index is 0.0513. The number of nitrogens with zero attached hydrogens (tertiary/aromatic N) is 2. The topological polar surface area (TPSA) is 55.6 Å². The first-order valence-corrected chi connectivity index (χ1v) is 9.19. The second-order valence-corrected chi connectivity index (χ2v) is 7.44. The van der Waals surface area contributed by atoms with Crippen LogP contribution < -0.4 is 4.74 Å². The van der Waals surface area contributed by atoms with Gasteiger partial charge in [0.05, 0.1) is 13.0 Å². The lowest BCUT2D eigenvalue weighted by Crippen LogP contribution is -2.54. The second-order valence-electron chi connectivity index (χ2n) is 7.44. The molecule has 0 aliphatic carbocycles. The van der Waals surface area contributed by atoms with Crippen LogP contribution in [0.1, 0.15) is 35.6 Å². The van der Waals surface area contributed by atoms with Crippen LogP contribution in [0, 0.1) is 16.0 Å². The number of fused-ring (bicyclic) bond motifs is 3. The van der Waals surface area contributed by atoms with Gasteiger partial charge in [-0.3, -0.25) is 15.0 Å². The highest BCUT2D eigenvalue weighted by Crippen LogP contribution is 2.46. The Labute approximate surface area is 153 Å². The summed E-state index contributed by atoms with van der Waals surface area (Å²) in [6.45, 7) is 3.92. The van der Waals surface area contributed by atoms with Gasteiger partial charge < -0.3 is 4.74 Å². The maximum absolute atomic E-state index is 12.2. The van der Waals surface area contributed by atoms with Crippen LogP contribution in [-0.2, 0) is 6.42 Å². The van der Waals surface area contributed by atoms with Crippen LogP contribution in [0.2, 0.25) is 0 Å². The van der Waals surface area contributed by atoms with Crippen LogP contribution in [0.5, 0.6) is 5.75 Å². The number of hydrogen-bond acceptors (Lipinski definition) is 4. The van der Waals surface area contributed by atoms with Gasteiger partial charge in [0.25, 0.3) is 0 Å². The van der Waals surface area contributed by atoms with Gasteiger partial charge in [0, 0.05) is 18.0 Å². The van der Waals surface area contributed by atoms with E-state index in [0.717, 1.165) is 36.4 Å². The molecule has 26 heavy (non-hydrogen) atoms. The molecule has 2 aromatic carbocycles. The van der Waals surface area contributed by atoms with E-state index < -0.39 is 6.04 Å². The monoisotopic (exact) mass is 352 g/mol. The van der Waals surface area contributed by atoms with E-state index in [-0.39, 0.29) is 22.8 Å². The summed E-state index contributed by atoms with van der Waals surface area (Å²) in [5.74, 6) is 0.892. The predicted molar refractivity (Wildman–Crippen MR) is 100 cm³/mol. The lowest BCUT2D eigenvalue weighted by atomic mass is 9.71. The molecule has 4 rings (SSSR count). The van der Waals surface area contributed by atoms with Crippen LogP contribution in [-0.4, -0.2) is 36.1 Å². The largest absolute Gasteiger partial charge is 0.497 e. The smallest absolute Gasteiger partial charge is 0.239 e. The number of benzene rings is 2. The molecule has 5 nitrogen and oxygen atoms in total. The van der Waals surface area contributed by atoms with Crippen molar-refractivity contribution in [3.8, 4) is 5.75 Å². The summed E-state index contributed by atoms with van der Waals surface area (Å²) < 4.78 is 5.25. The van der Waals surface area contributed by atoms with Gasteiger partial charge in [0.1, 0.15) is 11.8 Å². The Morgan fingerprint density at radius 1 is 1.15 bits per heavy atom. The highest BCUT2D eigenvalue weighted by atomic mass is 16.6. The van der Waals surface area contributed by atoms with E-state index >= 15 is 0 Å². The van der Waals surface area contributed by atoms with E-state index in [9.17, 15) is 10.1 Å². The highest BCUT2D eigenvalue weighted by Gasteiger charge is 2.51. The quantitative estimate of drug-likeness (QED) is 0.625. The SMILES string of the molecule is COc1ccc([C@H]2[C@H]([N+](=O)[O-])[C@H]3c4ccccc4CCN3C[C@@H]2C)cc1. The van der Waals surface area contributed by atoms with Crippen LogP contribution in [0.25, 0.3) is 0 Å². The molecule has 2 aliphatic heterocycles. The summed E-state index contributed by atoms with van der Waals surface area (Å²) in [4.78, 5) is 14.5. The molecular weight excluding hydrogens is 328 g/mol. The van der Waals surface area contributed by atoms with Crippen LogP contribution in [0.15, 0.2) is 48.5 Å². The fourth-order valence-electron chi connectivity index (χ4n) is 4.87. The van der Waals surface area contributed by atoms with Gasteiger partial charge in [0.15, 0.2) is 0 Å². The summed E-state index contributed by atoms with van der Waals surface area (Å²) in [6.07, 6.45) is 0.969. The van der Waals surface area contributed by atoms with E-state index in [0.29, 0.717) is 0 Å². The molecular formula is C21H24N2O3. The number of nitro groups is 1. The normalized spacial score (nSPS) is 28.1. The van der Waals surface area contributed by atoms with Crippen molar-refractivity contribution in [2.24, 2.45) is 5.92 Å². The average Bonchev–Trinajstić information content (AvgIpc) is 2.66. The molecule has 2 heterocycles. The Morgan fingerprint density at radius 2 is 1.88 bits per heavy atom. The van der Waals surface area contributed by atoms with Gasteiger partial charge in [-0.15, -0.1) is 0 Å². The van der Waals surface area contributed by atoms with Crippen molar-refractivity contribution in [3.63, 3.8) is 0 Å². The third-order valence-corrected chi connectivity index (χ3v) is 6.01. The maximum atomic E-state index is 12.2. The minimum Gasteiger partial charge on any atom is -0.497 e. The molecule has 2 aromatic rings. The summed E-state index contributed by atoms with van der Waals surface area (Å²) >= 11 is 0. The summed E-state index contributed by atoms with van der Waals surface area (Å²) in [7, 11) is 1.63. The summed E-state index contributed by atoms with van der Waals surface area (Å²) in [6, 6.07) is 15.2. The van der Waals surface area contributed by atoms with Gasteiger partial charge in [0.2, 0.25) is 6.04 Å². The number of methoxy groups -OCH3 is 1. The van der Waals surface area contributed by atoms with E-state index in [1.165, 1.54) is 5.56 Å². The molecule has 0 bridgehead atoms. The van der Waals surface area contributed by atoms with Gasteiger partial charge in [-0.05, 0) is 41.2 Å². The maximum Gasteiger partial charge on any atom is 0.239 e. The molecule has 136 valence electrons. The van der Waals surface area contributed by atoms with Gasteiger partial charge in [-0.2, -0.15) is 0 Å². The first kappa shape index (κ1) is 17.0. The van der Waals surface area contributed by atoms with Gasteiger partial charge in [-0.1, -0.05) is 43.3 Å². The first-order chi connectivity index (χ1) is 12.6. The minimum atomic E-state index is -0.645. The van der Waals surface area contributed by atoms with Crippen molar-refractivity contribution in [1.82, 2.24) is 4.90 Å². The van der Waals surface area contributed by atoms with E-state index in [1.54, 1.807) is 7.11 Å². The Bertz CT molecular complexity index is 805. The Balaban J connectivity index is 1.79. The van der Waals surface area contributed by atoms with Crippen molar-refractivity contribution in [1.29, 1.82) is 0 Å². The van der Waals surface area contributed by atoms with Crippen molar-refractivity contribution >= 4 is 0 Å². The first-order valence-electron chi connectivity index (χ1n) is 9.19. The average molecular weight is 352 g/mol. The number of hydrogen-bond donors (Lipinski definition) is 0. The standard InChI is InChI=1S/C21H24N2O3/c1-14-13-22-12-11-15-5-3-4-6-18(15)20(22)21(23(24)25)19(14)16-7-9-17(26-2)10-8-16/h3-10,14,19-21H,11-13H2,1-2H3/t14-,19-,20+,21-/m0/s1. The van der Waals surface area contributed by atoms with E-state index in [4.69, 9.17) is 4.74 Å². The lowest BCUT2D eigenvalue weighted by molar-refractivity contribution is -0.542. The van der Waals surface area contributed by atoms with Crippen LogP contribution >= 0.6 is 0 Å². The number of ether oxygens (including phenoxy) is 1. The zero-order chi connectivity index (χ0) is 18.3. The van der Waals surface area contributed by atoms with E-state index in [2.05, 4.69) is 24.0 Å². The molecule has 5 heteroatoms. The molecule has 1 fully saturated rings. The van der Waals surface area contributed by atoms with Gasteiger partial charge >= 0.3 is 0 Å². The molecule has 0 saturated carbocycles. The Morgan fingerprint density at radius 3 is 2.58 bits per heavy atom. The molecule has 4 atom stereocenters. The van der Waals surface area contributed by atoms with Crippen molar-refractivity contribution in [2.75, 3.05) is 20.2 Å². The predicted octanol–water partition coefficient (Wildman–Crippen LogP) is 3.67. The molecule has 2 aliphatic rings. The second kappa shape index (κ2) is 6.72. The third kappa shape index (κ3) is 2.76. The van der Waals surface area contributed by atoms with Crippen LogP contribution in [0.3, 0.4) is 0 Å². The van der Waals surface area contributed by atoms with Crippen molar-refractivity contribution in [2.45, 2.75) is 31.3 Å². The number of piperidine rings is 1. The molecule has 1 saturated heterocycles. The van der Waals surface area contributed by atoms with Crippen molar-refractivity contribution < 1.29 is 9.66 Å². The third-order valence-electron chi connectivity index (χ3n) is 6.01. The van der Waals surface area contributed by atoms with E-state index in [1.807, 2.05) is 36.4 Å². The number of rotatable bonds is 3. The zero-order valence-electron chi connectivity index (χ0n) is 15.2. The Kier molecular flexibility index (Phi) is 4.41. The molecule has 0 unspecified atom stereocenters. The summed E-state index contributed by atoms with van der Waals surface area (Å²) in [5.41, 5.74) is 3.41. The van der Waals surface area contributed by atoms with Crippen molar-refractivity contribution in [3.05, 3.63) is 75.3 Å². The molecule has 0 spiro atoms. The zero-order valence-corrected chi connectivity index (χ0v) is 15.2. The lowest BCUT2D eigenvalue weighted by Gasteiger charge is -2.47. The molecule has 0 aromatic heterocycles. The van der Waals surface area contributed by atoms with Gasteiger partial charge in [-0.25, -0.2) is 0 Å². The molecule has 0 amide bonds. The molecule has 0 N–H and O–H groups in total.